The Morgan fingerprint density at radius 1 is 0.444 bits per heavy atom. The highest BCUT2D eigenvalue weighted by molar-refractivity contribution is 6.39. The summed E-state index contributed by atoms with van der Waals surface area (Å²) in [6, 6.07) is 10.2. The highest BCUT2D eigenvalue weighted by Crippen LogP contribution is 2.45. The van der Waals surface area contributed by atoms with Crippen molar-refractivity contribution in [2.75, 3.05) is 26.7 Å². The van der Waals surface area contributed by atoms with E-state index >= 15 is 0 Å². The number of methoxy groups -OCH3 is 1. The van der Waals surface area contributed by atoms with Crippen LogP contribution in [-0.4, -0.2) is 38.5 Å². The number of ether oxygens (including phenoxy) is 1. The van der Waals surface area contributed by atoms with Gasteiger partial charge >= 0.3 is 25.9 Å². The molecule has 63 heavy (non-hydrogen) atoms. The highest BCUT2D eigenvalue weighted by atomic mass is 19.4. The van der Waals surface area contributed by atoms with Crippen LogP contribution in [0.5, 0.6) is 17.2 Å². The molecular formula is C48H68BF9NO4+. The number of hydrogen-bond donors (Lipinski definition) is 0. The van der Waals surface area contributed by atoms with Gasteiger partial charge in [0.25, 0.3) is 0 Å². The van der Waals surface area contributed by atoms with E-state index in [0.29, 0.717) is 24.1 Å². The smallest absolute Gasteiger partial charge is 0.490 e. The zero-order valence-electron chi connectivity index (χ0n) is 37.8. The number of halogens is 9. The Morgan fingerprint density at radius 2 is 0.778 bits per heavy atom. The summed E-state index contributed by atoms with van der Waals surface area (Å²) in [6.45, 7) is 10.1. The van der Waals surface area contributed by atoms with Crippen LogP contribution in [0.4, 0.5) is 39.5 Å². The van der Waals surface area contributed by atoms with Crippen molar-refractivity contribution in [1.29, 1.82) is 0 Å². The fourth-order valence-electron chi connectivity index (χ4n) is 8.13. The zero-order valence-corrected chi connectivity index (χ0v) is 37.8. The molecule has 3 aromatic rings. The SMILES string of the molecule is CCCCCCCC[N+](CCCCCCCC)(CCCCCCCC)C(C)(OC)c1cc(C(F)(F)F)ccc1OB(Oc1ccc(C(F)(F)F)cc1)Oc1ccc(C(F)(F)F)cc1. The molecule has 0 saturated heterocycles. The standard InChI is InChI=1S/C48H68BF9NO4/c1-6-9-12-15-18-21-34-59(35-22-19-16-13-10-7-2,36-23-20-17-14-11-8-3)45(4,60-5)43-37-40(48(56,57)58)28-33-44(43)63-49(61-41-29-24-38(25-30-41)46(50,51)52)62-42-31-26-39(27-32-42)47(53,54)55/h24-33,37H,6-23,34-36H2,1-5H3/q+1. The monoisotopic (exact) mass is 905 g/mol. The van der Waals surface area contributed by atoms with Crippen LogP contribution in [0.25, 0.3) is 0 Å². The van der Waals surface area contributed by atoms with Gasteiger partial charge in [0, 0.05) is 14.0 Å². The van der Waals surface area contributed by atoms with Crippen LogP contribution >= 0.6 is 0 Å². The summed E-state index contributed by atoms with van der Waals surface area (Å²) in [5.74, 6) is -0.447. The van der Waals surface area contributed by atoms with Crippen LogP contribution in [0.3, 0.4) is 0 Å². The van der Waals surface area contributed by atoms with E-state index in [1.54, 1.807) is 6.92 Å². The van der Waals surface area contributed by atoms with Crippen molar-refractivity contribution in [3.8, 4) is 17.2 Å². The Kier molecular flexibility index (Phi) is 22.0. The fourth-order valence-corrected chi connectivity index (χ4v) is 8.13. The first-order chi connectivity index (χ1) is 29.8. The average Bonchev–Trinajstić information content (AvgIpc) is 3.23. The maximum absolute atomic E-state index is 14.7. The molecule has 1 atom stereocenters. The molecule has 0 saturated carbocycles. The first-order valence-electron chi connectivity index (χ1n) is 22.8. The highest BCUT2D eigenvalue weighted by Gasteiger charge is 2.51. The molecule has 0 aromatic heterocycles. The number of unbranched alkanes of at least 4 members (excludes halogenated alkanes) is 15. The predicted octanol–water partition coefficient (Wildman–Crippen LogP) is 16.0. The summed E-state index contributed by atoms with van der Waals surface area (Å²) >= 11 is 0. The van der Waals surface area contributed by atoms with Crippen molar-refractivity contribution < 1.29 is 62.7 Å². The van der Waals surface area contributed by atoms with E-state index in [-0.39, 0.29) is 22.8 Å². The van der Waals surface area contributed by atoms with Crippen LogP contribution in [-0.2, 0) is 29.0 Å². The molecule has 3 rings (SSSR count). The maximum atomic E-state index is 14.7. The molecule has 5 nitrogen and oxygen atoms in total. The third-order valence-corrected chi connectivity index (χ3v) is 12.0. The van der Waals surface area contributed by atoms with E-state index < -0.39 is 48.3 Å². The van der Waals surface area contributed by atoms with Gasteiger partial charge in [0.05, 0.1) is 41.9 Å². The van der Waals surface area contributed by atoms with Crippen LogP contribution in [0, 0.1) is 0 Å². The van der Waals surface area contributed by atoms with Gasteiger partial charge in [-0.2, -0.15) is 39.5 Å². The van der Waals surface area contributed by atoms with Gasteiger partial charge in [0.2, 0.25) is 5.72 Å². The molecule has 0 amide bonds. The summed E-state index contributed by atoms with van der Waals surface area (Å²) in [7, 11) is -0.414. The Morgan fingerprint density at radius 3 is 1.11 bits per heavy atom. The fraction of sp³-hybridized carbons (Fsp3) is 0.625. The van der Waals surface area contributed by atoms with E-state index in [1.165, 1.54) is 7.11 Å². The second-order valence-corrected chi connectivity index (χ2v) is 16.7. The normalized spacial score (nSPS) is 13.5. The Labute approximate surface area is 369 Å². The number of alkyl halides is 9. The van der Waals surface area contributed by atoms with Gasteiger partial charge < -0.3 is 18.7 Å². The van der Waals surface area contributed by atoms with E-state index in [0.717, 1.165) is 182 Å². The lowest BCUT2D eigenvalue weighted by atomic mass is 9.92. The van der Waals surface area contributed by atoms with Crippen molar-refractivity contribution in [1.82, 2.24) is 0 Å². The lowest BCUT2D eigenvalue weighted by Gasteiger charge is -2.51. The number of hydrogen-bond acceptors (Lipinski definition) is 4. The van der Waals surface area contributed by atoms with Crippen LogP contribution < -0.4 is 14.0 Å². The van der Waals surface area contributed by atoms with E-state index in [1.807, 2.05) is 0 Å². The van der Waals surface area contributed by atoms with Crippen molar-refractivity contribution in [2.24, 2.45) is 0 Å². The number of quaternary nitrogens is 1. The minimum absolute atomic E-state index is 0.0554. The van der Waals surface area contributed by atoms with Gasteiger partial charge in [-0.3, -0.25) is 4.48 Å². The molecule has 0 aliphatic rings. The Hall–Kier alpha value is -3.59. The van der Waals surface area contributed by atoms with Crippen molar-refractivity contribution in [2.45, 2.75) is 168 Å². The molecular weight excluding hydrogens is 836 g/mol. The molecule has 0 aliphatic heterocycles. The molecule has 0 spiro atoms. The van der Waals surface area contributed by atoms with Crippen molar-refractivity contribution >= 4 is 7.32 Å². The lowest BCUT2D eigenvalue weighted by molar-refractivity contribution is -1.01. The van der Waals surface area contributed by atoms with E-state index in [4.69, 9.17) is 18.7 Å². The average molecular weight is 905 g/mol. The molecule has 15 heteroatoms. The van der Waals surface area contributed by atoms with Gasteiger partial charge in [0.15, 0.2) is 0 Å². The minimum atomic E-state index is -4.76. The molecule has 0 radical (unpaired) electrons. The summed E-state index contributed by atoms with van der Waals surface area (Å²) in [5, 5.41) is 0. The molecule has 0 fully saturated rings. The lowest BCUT2D eigenvalue weighted by Crippen LogP contribution is -2.63. The molecule has 354 valence electrons. The Balaban J connectivity index is 2.22. The van der Waals surface area contributed by atoms with Gasteiger partial charge in [-0.1, -0.05) is 97.8 Å². The van der Waals surface area contributed by atoms with Gasteiger partial charge in [-0.15, -0.1) is 0 Å². The zero-order chi connectivity index (χ0) is 46.6. The molecule has 1 unspecified atom stereocenters. The van der Waals surface area contributed by atoms with Crippen molar-refractivity contribution in [3.05, 3.63) is 89.0 Å². The van der Waals surface area contributed by atoms with Crippen LogP contribution in [0.15, 0.2) is 66.7 Å². The topological polar surface area (TPSA) is 36.9 Å². The van der Waals surface area contributed by atoms with Crippen LogP contribution in [0.2, 0.25) is 0 Å². The molecule has 0 N–H and O–H groups in total. The predicted molar refractivity (Wildman–Crippen MR) is 231 cm³/mol. The van der Waals surface area contributed by atoms with E-state index in [9.17, 15) is 39.5 Å². The van der Waals surface area contributed by atoms with Crippen molar-refractivity contribution in [3.63, 3.8) is 0 Å². The molecule has 0 aliphatic carbocycles. The largest absolute Gasteiger partial charge is 0.864 e. The van der Waals surface area contributed by atoms with Gasteiger partial charge in [-0.05, 0) is 105 Å². The summed E-state index contributed by atoms with van der Waals surface area (Å²) < 4.78 is 150. The summed E-state index contributed by atoms with van der Waals surface area (Å²) in [5.41, 5.74) is -4.27. The number of benzene rings is 3. The summed E-state index contributed by atoms with van der Waals surface area (Å²) in [4.78, 5) is 0. The third-order valence-electron chi connectivity index (χ3n) is 12.0. The quantitative estimate of drug-likeness (QED) is 0.0220. The number of nitrogens with zero attached hydrogens (tertiary/aromatic N) is 1. The molecule has 0 heterocycles. The number of rotatable bonds is 30. The van der Waals surface area contributed by atoms with Gasteiger partial charge in [-0.25, -0.2) is 0 Å². The second-order valence-electron chi connectivity index (χ2n) is 16.7. The summed E-state index contributed by atoms with van der Waals surface area (Å²) in [6.07, 6.45) is 4.04. The molecule has 3 aromatic carbocycles. The van der Waals surface area contributed by atoms with Crippen LogP contribution in [0.1, 0.15) is 166 Å². The maximum Gasteiger partial charge on any atom is 0.864 e. The first-order valence-corrected chi connectivity index (χ1v) is 22.8. The second kappa shape index (κ2) is 25.8. The Bertz CT molecular complexity index is 1620. The third kappa shape index (κ3) is 17.1. The first kappa shape index (κ1) is 53.8. The van der Waals surface area contributed by atoms with E-state index in [2.05, 4.69) is 20.8 Å². The van der Waals surface area contributed by atoms with Gasteiger partial charge in [0.1, 0.15) is 17.2 Å². The minimum Gasteiger partial charge on any atom is -0.490 e. The molecule has 0 bridgehead atoms.